The number of sulfonamides is 1. The molecular formula is C18H21F2NO4S. The van der Waals surface area contributed by atoms with Gasteiger partial charge in [-0.25, -0.2) is 21.9 Å². The molecule has 1 atom stereocenters. The van der Waals surface area contributed by atoms with Crippen LogP contribution in [0.15, 0.2) is 41.3 Å². The number of benzene rings is 2. The lowest BCUT2D eigenvalue weighted by atomic mass is 10.1. The predicted octanol–water partition coefficient (Wildman–Crippen LogP) is 3.34. The minimum absolute atomic E-state index is 0.0310. The number of methoxy groups -OCH3 is 1. The standard InChI is InChI=1S/C18H21F2NO4S/c1-12-10-15(5-7-18(12)25-9-8-24-3)26(22,23)21-13(2)16-6-4-14(19)11-17(16)20/h4-7,10-11,13,21H,8-9H2,1-3H3. The van der Waals surface area contributed by atoms with Gasteiger partial charge in [0.1, 0.15) is 24.0 Å². The monoisotopic (exact) mass is 385 g/mol. The van der Waals surface area contributed by atoms with E-state index in [1.54, 1.807) is 20.1 Å². The maximum Gasteiger partial charge on any atom is 0.241 e. The molecule has 0 fully saturated rings. The third-order valence-electron chi connectivity index (χ3n) is 3.76. The molecule has 1 unspecified atom stereocenters. The van der Waals surface area contributed by atoms with E-state index in [1.165, 1.54) is 25.1 Å². The first-order chi connectivity index (χ1) is 12.2. The van der Waals surface area contributed by atoms with Gasteiger partial charge in [0, 0.05) is 24.8 Å². The molecule has 2 rings (SSSR count). The number of ether oxygens (including phenoxy) is 2. The normalized spacial score (nSPS) is 12.8. The molecule has 0 spiro atoms. The molecule has 0 bridgehead atoms. The molecule has 0 heterocycles. The summed E-state index contributed by atoms with van der Waals surface area (Å²) in [6.45, 7) is 3.98. The minimum atomic E-state index is -3.89. The third-order valence-corrected chi connectivity index (χ3v) is 5.30. The van der Waals surface area contributed by atoms with Crippen LogP contribution in [-0.2, 0) is 14.8 Å². The zero-order chi connectivity index (χ0) is 19.3. The van der Waals surface area contributed by atoms with Crippen molar-refractivity contribution >= 4 is 10.0 Å². The van der Waals surface area contributed by atoms with Crippen LogP contribution in [0, 0.1) is 18.6 Å². The molecule has 0 aliphatic rings. The lowest BCUT2D eigenvalue weighted by molar-refractivity contribution is 0.146. The zero-order valence-electron chi connectivity index (χ0n) is 14.8. The van der Waals surface area contributed by atoms with Crippen molar-refractivity contribution in [1.29, 1.82) is 0 Å². The Morgan fingerprint density at radius 2 is 1.85 bits per heavy atom. The molecule has 8 heteroatoms. The fourth-order valence-corrected chi connectivity index (χ4v) is 3.71. The first kappa shape index (κ1) is 20.3. The van der Waals surface area contributed by atoms with E-state index in [4.69, 9.17) is 9.47 Å². The molecule has 0 saturated carbocycles. The molecule has 2 aromatic carbocycles. The van der Waals surface area contributed by atoms with E-state index in [2.05, 4.69) is 4.72 Å². The number of halogens is 2. The predicted molar refractivity (Wildman–Crippen MR) is 93.6 cm³/mol. The second-order valence-corrected chi connectivity index (χ2v) is 7.49. The molecule has 0 aliphatic carbocycles. The topological polar surface area (TPSA) is 64.6 Å². The van der Waals surface area contributed by atoms with E-state index in [1.807, 2.05) is 0 Å². The molecule has 142 valence electrons. The van der Waals surface area contributed by atoms with Crippen molar-refractivity contribution in [2.45, 2.75) is 24.8 Å². The van der Waals surface area contributed by atoms with Crippen LogP contribution in [0.5, 0.6) is 5.75 Å². The van der Waals surface area contributed by atoms with Crippen LogP contribution in [0.4, 0.5) is 8.78 Å². The maximum atomic E-state index is 13.8. The lowest BCUT2D eigenvalue weighted by Crippen LogP contribution is -2.27. The number of hydrogen-bond donors (Lipinski definition) is 1. The third kappa shape index (κ3) is 5.00. The number of aryl methyl sites for hydroxylation is 1. The molecule has 0 aromatic heterocycles. The first-order valence-corrected chi connectivity index (χ1v) is 9.42. The highest BCUT2D eigenvalue weighted by molar-refractivity contribution is 7.89. The Morgan fingerprint density at radius 1 is 1.12 bits per heavy atom. The summed E-state index contributed by atoms with van der Waals surface area (Å²) in [6.07, 6.45) is 0. The summed E-state index contributed by atoms with van der Waals surface area (Å²) < 4.78 is 64.7. The van der Waals surface area contributed by atoms with E-state index in [0.29, 0.717) is 24.5 Å². The molecule has 5 nitrogen and oxygen atoms in total. The van der Waals surface area contributed by atoms with Gasteiger partial charge >= 0.3 is 0 Å². The summed E-state index contributed by atoms with van der Waals surface area (Å²) >= 11 is 0. The van der Waals surface area contributed by atoms with Crippen molar-refractivity contribution in [2.75, 3.05) is 20.3 Å². The SMILES string of the molecule is COCCOc1ccc(S(=O)(=O)NC(C)c2ccc(F)cc2F)cc1C. The van der Waals surface area contributed by atoms with Crippen LogP contribution in [0.2, 0.25) is 0 Å². The Balaban J connectivity index is 2.17. The van der Waals surface area contributed by atoms with Crippen LogP contribution < -0.4 is 9.46 Å². The average Bonchev–Trinajstić information content (AvgIpc) is 2.55. The van der Waals surface area contributed by atoms with Crippen LogP contribution in [-0.4, -0.2) is 28.7 Å². The molecule has 0 amide bonds. The first-order valence-electron chi connectivity index (χ1n) is 7.94. The minimum Gasteiger partial charge on any atom is -0.491 e. The Morgan fingerprint density at radius 3 is 2.46 bits per heavy atom. The summed E-state index contributed by atoms with van der Waals surface area (Å²) in [5.41, 5.74) is 0.704. The van der Waals surface area contributed by atoms with Crippen molar-refractivity contribution < 1.29 is 26.7 Å². The van der Waals surface area contributed by atoms with Crippen LogP contribution >= 0.6 is 0 Å². The quantitative estimate of drug-likeness (QED) is 0.708. The molecule has 0 radical (unpaired) electrons. The van der Waals surface area contributed by atoms with E-state index < -0.39 is 27.7 Å². The van der Waals surface area contributed by atoms with E-state index >= 15 is 0 Å². The largest absolute Gasteiger partial charge is 0.491 e. The fraction of sp³-hybridized carbons (Fsp3) is 0.333. The Labute approximate surface area is 152 Å². The maximum absolute atomic E-state index is 13.8. The highest BCUT2D eigenvalue weighted by Crippen LogP contribution is 2.24. The van der Waals surface area contributed by atoms with Gasteiger partial charge in [-0.15, -0.1) is 0 Å². The fourth-order valence-electron chi connectivity index (χ4n) is 2.40. The van der Waals surface area contributed by atoms with E-state index in [0.717, 1.165) is 12.1 Å². The van der Waals surface area contributed by atoms with Gasteiger partial charge in [0.15, 0.2) is 0 Å². The zero-order valence-corrected chi connectivity index (χ0v) is 15.6. The van der Waals surface area contributed by atoms with Crippen molar-refractivity contribution in [3.8, 4) is 5.75 Å². The van der Waals surface area contributed by atoms with Gasteiger partial charge in [-0.05, 0) is 43.7 Å². The summed E-state index contributed by atoms with van der Waals surface area (Å²) in [7, 11) is -2.33. The summed E-state index contributed by atoms with van der Waals surface area (Å²) in [4.78, 5) is 0.0310. The smallest absolute Gasteiger partial charge is 0.241 e. The second kappa shape index (κ2) is 8.57. The van der Waals surface area contributed by atoms with Gasteiger partial charge in [0.05, 0.1) is 11.5 Å². The van der Waals surface area contributed by atoms with Crippen LogP contribution in [0.1, 0.15) is 24.1 Å². The summed E-state index contributed by atoms with van der Waals surface area (Å²) in [5.74, 6) is -0.974. The Kier molecular flexibility index (Phi) is 6.69. The van der Waals surface area contributed by atoms with Gasteiger partial charge in [0.2, 0.25) is 10.0 Å². The van der Waals surface area contributed by atoms with Gasteiger partial charge in [0.25, 0.3) is 0 Å². The van der Waals surface area contributed by atoms with Crippen LogP contribution in [0.3, 0.4) is 0 Å². The molecular weight excluding hydrogens is 364 g/mol. The van der Waals surface area contributed by atoms with Gasteiger partial charge in [-0.1, -0.05) is 6.07 Å². The van der Waals surface area contributed by atoms with Crippen molar-refractivity contribution in [1.82, 2.24) is 4.72 Å². The highest BCUT2D eigenvalue weighted by Gasteiger charge is 2.21. The molecule has 0 aliphatic heterocycles. The molecule has 0 saturated heterocycles. The molecule has 1 N–H and O–H groups in total. The Bertz CT molecular complexity index is 871. The van der Waals surface area contributed by atoms with E-state index in [9.17, 15) is 17.2 Å². The average molecular weight is 385 g/mol. The second-order valence-electron chi connectivity index (χ2n) is 5.78. The van der Waals surface area contributed by atoms with Gasteiger partial charge < -0.3 is 9.47 Å². The van der Waals surface area contributed by atoms with Crippen molar-refractivity contribution in [3.63, 3.8) is 0 Å². The number of rotatable bonds is 8. The summed E-state index contributed by atoms with van der Waals surface area (Å²) in [5, 5.41) is 0. The van der Waals surface area contributed by atoms with Gasteiger partial charge in [-0.2, -0.15) is 0 Å². The van der Waals surface area contributed by atoms with Crippen molar-refractivity contribution in [3.05, 3.63) is 59.2 Å². The molecule has 26 heavy (non-hydrogen) atoms. The van der Waals surface area contributed by atoms with Crippen molar-refractivity contribution in [2.24, 2.45) is 0 Å². The number of hydrogen-bond acceptors (Lipinski definition) is 4. The Hall–Kier alpha value is -2.03. The highest BCUT2D eigenvalue weighted by atomic mass is 32.2. The summed E-state index contributed by atoms with van der Waals surface area (Å²) in [6, 6.07) is 6.59. The van der Waals surface area contributed by atoms with E-state index in [-0.39, 0.29) is 10.5 Å². The van der Waals surface area contributed by atoms with Gasteiger partial charge in [-0.3, -0.25) is 0 Å². The molecule has 2 aromatic rings. The lowest BCUT2D eigenvalue weighted by Gasteiger charge is -2.16. The number of nitrogens with one attached hydrogen (secondary N) is 1. The van der Waals surface area contributed by atoms with Crippen LogP contribution in [0.25, 0.3) is 0 Å².